The fourth-order valence-electron chi connectivity index (χ4n) is 2.76. The molecule has 2 fully saturated rings. The van der Waals surface area contributed by atoms with Gasteiger partial charge in [-0.05, 0) is 28.7 Å². The normalized spacial score (nSPS) is 21.3. The summed E-state index contributed by atoms with van der Waals surface area (Å²) < 4.78 is 21.6. The van der Waals surface area contributed by atoms with Crippen LogP contribution in [0.2, 0.25) is 0 Å². The monoisotopic (exact) mass is 340 g/mol. The fourth-order valence-corrected chi connectivity index (χ4v) is 2.76. The maximum absolute atomic E-state index is 5.68. The molecule has 2 atom stereocenters. The van der Waals surface area contributed by atoms with Crippen molar-refractivity contribution in [3.8, 4) is 0 Å². The van der Waals surface area contributed by atoms with E-state index in [2.05, 4.69) is 48.5 Å². The maximum Gasteiger partial charge on any atom is 0.104 e. The molecule has 4 heteroatoms. The summed E-state index contributed by atoms with van der Waals surface area (Å²) in [5.74, 6) is 0. The first-order valence-corrected chi connectivity index (χ1v) is 8.89. The Labute approximate surface area is 148 Å². The molecular formula is C21H24O4. The highest BCUT2D eigenvalue weighted by Gasteiger charge is 2.22. The van der Waals surface area contributed by atoms with Gasteiger partial charge in [0.05, 0.1) is 39.6 Å². The summed E-state index contributed by atoms with van der Waals surface area (Å²) >= 11 is 0. The summed E-state index contributed by atoms with van der Waals surface area (Å²) in [5.41, 5.74) is 5.02. The summed E-state index contributed by atoms with van der Waals surface area (Å²) in [5, 5.41) is 0. The molecule has 0 aliphatic carbocycles. The highest BCUT2D eigenvalue weighted by molar-refractivity contribution is 5.31. The minimum absolute atomic E-state index is 0.322. The Bertz CT molecular complexity index is 675. The zero-order valence-electron chi connectivity index (χ0n) is 14.4. The Kier molecular flexibility index (Phi) is 5.43. The Morgan fingerprint density at radius 1 is 0.720 bits per heavy atom. The quantitative estimate of drug-likeness (QED) is 0.624. The van der Waals surface area contributed by atoms with Crippen molar-refractivity contribution in [1.82, 2.24) is 0 Å². The minimum Gasteiger partial charge on any atom is -0.374 e. The van der Waals surface area contributed by atoms with Gasteiger partial charge in [0.2, 0.25) is 0 Å². The second-order valence-corrected chi connectivity index (χ2v) is 6.75. The lowest BCUT2D eigenvalue weighted by Gasteiger charge is -2.08. The van der Waals surface area contributed by atoms with Gasteiger partial charge in [-0.25, -0.2) is 0 Å². The minimum atomic E-state index is 0.322. The number of hydrogen-bond acceptors (Lipinski definition) is 4. The first-order chi connectivity index (χ1) is 12.3. The van der Waals surface area contributed by atoms with Crippen LogP contribution in [0.5, 0.6) is 0 Å². The fraction of sp³-hybridized carbons (Fsp3) is 0.429. The average Bonchev–Trinajstić information content (AvgIpc) is 3.52. The Balaban J connectivity index is 1.26. The topological polar surface area (TPSA) is 43.5 Å². The van der Waals surface area contributed by atoms with Crippen molar-refractivity contribution in [1.29, 1.82) is 0 Å². The van der Waals surface area contributed by atoms with E-state index in [1.165, 1.54) is 22.3 Å². The van der Waals surface area contributed by atoms with E-state index in [1.54, 1.807) is 0 Å². The van der Waals surface area contributed by atoms with Crippen molar-refractivity contribution >= 4 is 0 Å². The SMILES string of the molecule is c1cc(COCC2CO2)cc(Cc2ccc(COCC3CO3)cc2)c1. The molecule has 0 N–H and O–H groups in total. The van der Waals surface area contributed by atoms with Gasteiger partial charge in [-0.1, -0.05) is 48.5 Å². The summed E-state index contributed by atoms with van der Waals surface area (Å²) in [6.45, 7) is 4.38. The van der Waals surface area contributed by atoms with Gasteiger partial charge in [0, 0.05) is 0 Å². The highest BCUT2D eigenvalue weighted by Crippen LogP contribution is 2.16. The van der Waals surface area contributed by atoms with E-state index < -0.39 is 0 Å². The number of benzene rings is 2. The number of hydrogen-bond donors (Lipinski definition) is 0. The van der Waals surface area contributed by atoms with Crippen LogP contribution in [-0.2, 0) is 38.6 Å². The van der Waals surface area contributed by atoms with Gasteiger partial charge in [-0.3, -0.25) is 0 Å². The van der Waals surface area contributed by atoms with Gasteiger partial charge in [0.25, 0.3) is 0 Å². The molecule has 4 nitrogen and oxygen atoms in total. The zero-order valence-corrected chi connectivity index (χ0v) is 14.4. The van der Waals surface area contributed by atoms with Gasteiger partial charge in [-0.2, -0.15) is 0 Å². The summed E-state index contributed by atoms with van der Waals surface area (Å²) in [4.78, 5) is 0. The summed E-state index contributed by atoms with van der Waals surface area (Å²) in [6.07, 6.45) is 1.58. The number of rotatable bonds is 10. The van der Waals surface area contributed by atoms with Crippen LogP contribution in [0.4, 0.5) is 0 Å². The second kappa shape index (κ2) is 8.11. The van der Waals surface area contributed by atoms with Crippen molar-refractivity contribution in [3.05, 3.63) is 70.8 Å². The molecule has 0 bridgehead atoms. The molecule has 2 aliphatic rings. The van der Waals surface area contributed by atoms with Crippen LogP contribution in [0, 0.1) is 0 Å². The Morgan fingerprint density at radius 2 is 1.28 bits per heavy atom. The molecule has 4 rings (SSSR count). The molecule has 0 amide bonds. The molecular weight excluding hydrogens is 316 g/mol. The molecule has 2 unspecified atom stereocenters. The van der Waals surface area contributed by atoms with Crippen molar-refractivity contribution in [2.75, 3.05) is 26.4 Å². The molecule has 0 saturated carbocycles. The van der Waals surface area contributed by atoms with E-state index in [0.29, 0.717) is 38.6 Å². The van der Waals surface area contributed by atoms with Crippen molar-refractivity contribution in [2.45, 2.75) is 31.8 Å². The smallest absolute Gasteiger partial charge is 0.104 e. The van der Waals surface area contributed by atoms with Gasteiger partial charge < -0.3 is 18.9 Å². The van der Waals surface area contributed by atoms with Gasteiger partial charge in [0.1, 0.15) is 12.2 Å². The summed E-state index contributed by atoms with van der Waals surface area (Å²) in [6, 6.07) is 17.3. The van der Waals surface area contributed by atoms with Crippen molar-refractivity contribution in [2.24, 2.45) is 0 Å². The standard InChI is InChI=1S/C21H24O4/c1-2-18(9-19(3-1)11-23-13-21-15-25-21)8-16-4-6-17(7-5-16)10-22-12-20-14-24-20/h1-7,9,20-21H,8,10-15H2. The molecule has 2 heterocycles. The van der Waals surface area contributed by atoms with Crippen molar-refractivity contribution < 1.29 is 18.9 Å². The lowest BCUT2D eigenvalue weighted by molar-refractivity contribution is 0.104. The average molecular weight is 340 g/mol. The van der Waals surface area contributed by atoms with Crippen LogP contribution < -0.4 is 0 Å². The number of epoxide rings is 2. The molecule has 0 radical (unpaired) electrons. The lowest BCUT2D eigenvalue weighted by atomic mass is 10.0. The van der Waals surface area contributed by atoms with E-state index in [-0.39, 0.29) is 0 Å². The molecule has 25 heavy (non-hydrogen) atoms. The van der Waals surface area contributed by atoms with E-state index in [9.17, 15) is 0 Å². The van der Waals surface area contributed by atoms with E-state index in [0.717, 1.165) is 19.6 Å². The van der Waals surface area contributed by atoms with Crippen LogP contribution in [0.25, 0.3) is 0 Å². The first-order valence-electron chi connectivity index (χ1n) is 8.89. The van der Waals surface area contributed by atoms with Gasteiger partial charge >= 0.3 is 0 Å². The molecule has 0 aromatic heterocycles. The highest BCUT2D eigenvalue weighted by atomic mass is 16.6. The molecule has 2 saturated heterocycles. The second-order valence-electron chi connectivity index (χ2n) is 6.75. The molecule has 2 aliphatic heterocycles. The van der Waals surface area contributed by atoms with E-state index in [1.807, 2.05) is 0 Å². The summed E-state index contributed by atoms with van der Waals surface area (Å²) in [7, 11) is 0. The van der Waals surface area contributed by atoms with Gasteiger partial charge in [0.15, 0.2) is 0 Å². The van der Waals surface area contributed by atoms with Gasteiger partial charge in [-0.15, -0.1) is 0 Å². The predicted molar refractivity (Wildman–Crippen MR) is 94.5 cm³/mol. The van der Waals surface area contributed by atoms with Crippen LogP contribution in [-0.4, -0.2) is 38.6 Å². The molecule has 2 aromatic rings. The van der Waals surface area contributed by atoms with Crippen molar-refractivity contribution in [3.63, 3.8) is 0 Å². The molecule has 132 valence electrons. The first kappa shape index (κ1) is 16.7. The third-order valence-electron chi connectivity index (χ3n) is 4.37. The predicted octanol–water partition coefficient (Wildman–Crippen LogP) is 3.11. The third-order valence-corrected chi connectivity index (χ3v) is 4.37. The Hall–Kier alpha value is -1.72. The largest absolute Gasteiger partial charge is 0.374 e. The van der Waals surface area contributed by atoms with E-state index in [4.69, 9.17) is 18.9 Å². The lowest BCUT2D eigenvalue weighted by Crippen LogP contribution is -2.02. The molecule has 0 spiro atoms. The number of ether oxygens (including phenoxy) is 4. The Morgan fingerprint density at radius 3 is 1.92 bits per heavy atom. The maximum atomic E-state index is 5.68. The van der Waals surface area contributed by atoms with Crippen LogP contribution in [0.15, 0.2) is 48.5 Å². The van der Waals surface area contributed by atoms with E-state index >= 15 is 0 Å². The zero-order chi connectivity index (χ0) is 16.9. The van der Waals surface area contributed by atoms with Crippen LogP contribution in [0.1, 0.15) is 22.3 Å². The molecule has 2 aromatic carbocycles. The van der Waals surface area contributed by atoms with Crippen LogP contribution in [0.3, 0.4) is 0 Å². The third kappa shape index (κ3) is 5.65. The van der Waals surface area contributed by atoms with Crippen LogP contribution >= 0.6 is 0 Å².